The Balaban J connectivity index is 2.39. The fraction of sp³-hybridized carbons (Fsp3) is 0.200. The molecule has 0 aliphatic heterocycles. The van der Waals surface area contributed by atoms with Gasteiger partial charge in [-0.1, -0.05) is 11.6 Å². The summed E-state index contributed by atoms with van der Waals surface area (Å²) in [4.78, 5) is 10.2. The maximum absolute atomic E-state index is 10.7. The lowest BCUT2D eigenvalue weighted by Crippen LogP contribution is -2.04. The van der Waals surface area contributed by atoms with Gasteiger partial charge in [0.05, 0.1) is 11.5 Å². The summed E-state index contributed by atoms with van der Waals surface area (Å²) in [6, 6.07) is 4.13. The first-order valence-corrected chi connectivity index (χ1v) is 5.40. The molecule has 0 saturated carbocycles. The van der Waals surface area contributed by atoms with Gasteiger partial charge in [-0.15, -0.1) is 10.2 Å². The zero-order valence-corrected chi connectivity index (χ0v) is 10.1. The number of halogens is 1. The van der Waals surface area contributed by atoms with Crippen LogP contribution in [0.5, 0.6) is 0 Å². The van der Waals surface area contributed by atoms with Gasteiger partial charge in [0.2, 0.25) is 11.8 Å². The molecule has 1 aromatic heterocycles. The van der Waals surface area contributed by atoms with Gasteiger partial charge in [-0.2, -0.15) is 0 Å². The third-order valence-electron chi connectivity index (χ3n) is 2.14. The van der Waals surface area contributed by atoms with E-state index in [-0.39, 0.29) is 16.6 Å². The number of benzene rings is 1. The summed E-state index contributed by atoms with van der Waals surface area (Å²) in [5.41, 5.74) is 0.301. The summed E-state index contributed by atoms with van der Waals surface area (Å²) in [7, 11) is 1.74. The number of nitro groups is 1. The molecule has 0 atom stereocenters. The molecule has 0 saturated heterocycles. The number of hydrogen-bond acceptors (Lipinski definition) is 6. The Morgan fingerprint density at radius 3 is 2.89 bits per heavy atom. The predicted octanol–water partition coefficient (Wildman–Crippen LogP) is 2.02. The molecule has 0 unspecified atom stereocenters. The second kappa shape index (κ2) is 5.11. The van der Waals surface area contributed by atoms with Crippen molar-refractivity contribution in [3.63, 3.8) is 0 Å². The molecule has 7 nitrogen and oxygen atoms in total. The monoisotopic (exact) mass is 268 g/mol. The molecular formula is C10H9ClN4O3. The van der Waals surface area contributed by atoms with Crippen molar-refractivity contribution in [2.24, 2.45) is 0 Å². The Labute approximate surface area is 107 Å². The van der Waals surface area contributed by atoms with E-state index >= 15 is 0 Å². The van der Waals surface area contributed by atoms with Gasteiger partial charge in [0.15, 0.2) is 0 Å². The molecule has 0 aliphatic rings. The maximum Gasteiger partial charge on any atom is 0.271 e. The van der Waals surface area contributed by atoms with Crippen LogP contribution < -0.4 is 5.32 Å². The molecule has 2 rings (SSSR count). The highest BCUT2D eigenvalue weighted by atomic mass is 35.5. The second-order valence-corrected chi connectivity index (χ2v) is 3.92. The first kappa shape index (κ1) is 12.5. The van der Waals surface area contributed by atoms with Crippen molar-refractivity contribution in [1.82, 2.24) is 15.5 Å². The third-order valence-corrected chi connectivity index (χ3v) is 2.35. The topological polar surface area (TPSA) is 94.1 Å². The number of nitrogens with zero attached hydrogens (tertiary/aromatic N) is 3. The normalized spacial score (nSPS) is 10.6. The summed E-state index contributed by atoms with van der Waals surface area (Å²) >= 11 is 5.81. The van der Waals surface area contributed by atoms with Crippen molar-refractivity contribution >= 4 is 17.3 Å². The van der Waals surface area contributed by atoms with E-state index in [4.69, 9.17) is 16.0 Å². The van der Waals surface area contributed by atoms with Crippen molar-refractivity contribution in [1.29, 1.82) is 0 Å². The predicted molar refractivity (Wildman–Crippen MR) is 64.2 cm³/mol. The minimum absolute atomic E-state index is 0.120. The molecule has 8 heteroatoms. The SMILES string of the molecule is CNCc1nnc(-c2cc(Cl)cc([N+](=O)[O-])c2)o1. The molecular weight excluding hydrogens is 260 g/mol. The summed E-state index contributed by atoms with van der Waals surface area (Å²) in [5.74, 6) is 0.598. The van der Waals surface area contributed by atoms with Crippen LogP contribution in [-0.2, 0) is 6.54 Å². The molecule has 1 aromatic carbocycles. The lowest BCUT2D eigenvalue weighted by atomic mass is 10.2. The Morgan fingerprint density at radius 1 is 1.44 bits per heavy atom. The van der Waals surface area contributed by atoms with Crippen LogP contribution >= 0.6 is 11.6 Å². The maximum atomic E-state index is 10.7. The van der Waals surface area contributed by atoms with Crippen LogP contribution in [0.3, 0.4) is 0 Å². The summed E-state index contributed by atoms with van der Waals surface area (Å²) in [5, 5.41) is 21.4. The molecule has 0 aliphatic carbocycles. The van der Waals surface area contributed by atoms with E-state index in [9.17, 15) is 10.1 Å². The van der Waals surface area contributed by atoms with Gasteiger partial charge in [-0.05, 0) is 13.1 Å². The Kier molecular flexibility index (Phi) is 3.54. The fourth-order valence-electron chi connectivity index (χ4n) is 1.40. The average molecular weight is 269 g/mol. The molecule has 18 heavy (non-hydrogen) atoms. The van der Waals surface area contributed by atoms with Gasteiger partial charge in [-0.3, -0.25) is 10.1 Å². The second-order valence-electron chi connectivity index (χ2n) is 3.49. The third kappa shape index (κ3) is 2.63. The number of hydrogen-bond donors (Lipinski definition) is 1. The van der Waals surface area contributed by atoms with Crippen molar-refractivity contribution in [2.45, 2.75) is 6.54 Å². The van der Waals surface area contributed by atoms with Crippen molar-refractivity contribution in [3.8, 4) is 11.5 Å². The van der Waals surface area contributed by atoms with E-state index in [0.29, 0.717) is 18.0 Å². The van der Waals surface area contributed by atoms with Gasteiger partial charge in [-0.25, -0.2) is 0 Å². The zero-order valence-electron chi connectivity index (χ0n) is 9.38. The summed E-state index contributed by atoms with van der Waals surface area (Å²) in [6.07, 6.45) is 0. The Bertz CT molecular complexity index is 584. The Hall–Kier alpha value is -1.99. The minimum Gasteiger partial charge on any atom is -0.419 e. The van der Waals surface area contributed by atoms with Crippen LogP contribution in [0.1, 0.15) is 5.89 Å². The molecule has 2 aromatic rings. The first-order valence-electron chi connectivity index (χ1n) is 5.02. The van der Waals surface area contributed by atoms with Crippen molar-refractivity contribution < 1.29 is 9.34 Å². The zero-order chi connectivity index (χ0) is 13.1. The fourth-order valence-corrected chi connectivity index (χ4v) is 1.63. The minimum atomic E-state index is -0.528. The van der Waals surface area contributed by atoms with Crippen LogP contribution in [0.2, 0.25) is 5.02 Å². The largest absolute Gasteiger partial charge is 0.419 e. The summed E-state index contributed by atoms with van der Waals surface area (Å²) in [6.45, 7) is 0.426. The van der Waals surface area contributed by atoms with Crippen LogP contribution in [0.25, 0.3) is 11.5 Å². The van der Waals surface area contributed by atoms with E-state index < -0.39 is 4.92 Å². The standard InChI is InChI=1S/C10H9ClN4O3/c1-12-5-9-13-14-10(18-9)6-2-7(11)4-8(3-6)15(16)17/h2-4,12H,5H2,1H3. The van der Waals surface area contributed by atoms with Crippen molar-refractivity contribution in [2.75, 3.05) is 7.05 Å². The van der Waals surface area contributed by atoms with E-state index in [1.165, 1.54) is 18.2 Å². The van der Waals surface area contributed by atoms with E-state index in [1.807, 2.05) is 0 Å². The number of non-ortho nitro benzene ring substituents is 1. The number of nitro benzene ring substituents is 1. The lowest BCUT2D eigenvalue weighted by Gasteiger charge is -1.97. The van der Waals surface area contributed by atoms with Gasteiger partial charge in [0.25, 0.3) is 5.69 Å². The molecule has 0 amide bonds. The van der Waals surface area contributed by atoms with Crippen molar-refractivity contribution in [3.05, 3.63) is 39.2 Å². The van der Waals surface area contributed by atoms with E-state index in [2.05, 4.69) is 15.5 Å². The van der Waals surface area contributed by atoms with Gasteiger partial charge < -0.3 is 9.73 Å². The highest BCUT2D eigenvalue weighted by molar-refractivity contribution is 6.31. The first-order chi connectivity index (χ1) is 8.60. The Morgan fingerprint density at radius 2 is 2.22 bits per heavy atom. The van der Waals surface area contributed by atoms with Gasteiger partial charge in [0, 0.05) is 22.7 Å². The summed E-state index contributed by atoms with van der Waals surface area (Å²) < 4.78 is 5.33. The molecule has 1 N–H and O–H groups in total. The highest BCUT2D eigenvalue weighted by Crippen LogP contribution is 2.27. The molecule has 0 fully saturated rings. The molecule has 0 bridgehead atoms. The smallest absolute Gasteiger partial charge is 0.271 e. The number of nitrogens with one attached hydrogen (secondary N) is 1. The van der Waals surface area contributed by atoms with E-state index in [0.717, 1.165) is 0 Å². The van der Waals surface area contributed by atoms with Crippen LogP contribution in [0, 0.1) is 10.1 Å². The molecule has 0 spiro atoms. The van der Waals surface area contributed by atoms with Crippen LogP contribution in [-0.4, -0.2) is 22.2 Å². The van der Waals surface area contributed by atoms with Crippen LogP contribution in [0.15, 0.2) is 22.6 Å². The highest BCUT2D eigenvalue weighted by Gasteiger charge is 2.14. The number of aromatic nitrogens is 2. The molecule has 0 radical (unpaired) electrons. The van der Waals surface area contributed by atoms with Gasteiger partial charge in [0.1, 0.15) is 0 Å². The quantitative estimate of drug-likeness (QED) is 0.673. The van der Waals surface area contributed by atoms with Gasteiger partial charge >= 0.3 is 0 Å². The molecule has 1 heterocycles. The number of rotatable bonds is 4. The average Bonchev–Trinajstić information content (AvgIpc) is 2.77. The van der Waals surface area contributed by atoms with Crippen LogP contribution in [0.4, 0.5) is 5.69 Å². The molecule has 94 valence electrons. The van der Waals surface area contributed by atoms with E-state index in [1.54, 1.807) is 7.05 Å². The lowest BCUT2D eigenvalue weighted by molar-refractivity contribution is -0.384.